The van der Waals surface area contributed by atoms with E-state index >= 15 is 0 Å². The molecular weight excluding hydrogens is 313 g/mol. The maximum Gasteiger partial charge on any atom is 0.258 e. The lowest BCUT2D eigenvalue weighted by Crippen LogP contribution is -2.31. The van der Waals surface area contributed by atoms with E-state index in [1.807, 2.05) is 25.1 Å². The number of ether oxygens (including phenoxy) is 3. The van der Waals surface area contributed by atoms with Crippen molar-refractivity contribution < 1.29 is 23.4 Å². The Morgan fingerprint density at radius 1 is 1.17 bits per heavy atom. The van der Waals surface area contributed by atoms with Crippen molar-refractivity contribution in [2.75, 3.05) is 19.8 Å². The van der Waals surface area contributed by atoms with Crippen LogP contribution in [0.25, 0.3) is 0 Å². The zero-order chi connectivity index (χ0) is 16.9. The molecule has 1 atom stereocenters. The normalized spacial score (nSPS) is 13.9. The highest BCUT2D eigenvalue weighted by atomic mass is 19.1. The summed E-state index contributed by atoms with van der Waals surface area (Å²) in [6.07, 6.45) is 0. The molecule has 24 heavy (non-hydrogen) atoms. The van der Waals surface area contributed by atoms with Crippen LogP contribution >= 0.6 is 0 Å². The van der Waals surface area contributed by atoms with Gasteiger partial charge in [-0.15, -0.1) is 0 Å². The van der Waals surface area contributed by atoms with Crippen molar-refractivity contribution in [3.63, 3.8) is 0 Å². The maximum absolute atomic E-state index is 12.8. The molecule has 0 saturated carbocycles. The molecule has 0 bridgehead atoms. The minimum Gasteiger partial charge on any atom is -0.486 e. The van der Waals surface area contributed by atoms with Crippen molar-refractivity contribution in [2.45, 2.75) is 13.0 Å². The summed E-state index contributed by atoms with van der Waals surface area (Å²) < 4.78 is 29.2. The number of carbonyl (C=O) groups excluding carboxylic acids is 1. The van der Waals surface area contributed by atoms with Crippen LogP contribution in [0.2, 0.25) is 0 Å². The van der Waals surface area contributed by atoms with Gasteiger partial charge in [-0.1, -0.05) is 6.07 Å². The van der Waals surface area contributed by atoms with Crippen molar-refractivity contribution in [1.29, 1.82) is 0 Å². The standard InChI is InChI=1S/C18H18FNO4/c1-12(13-2-7-16-17(10-13)23-9-8-22-16)20-18(21)11-24-15-5-3-14(19)4-6-15/h2-7,10,12H,8-9,11H2,1H3,(H,20,21)/t12-/m1/s1. The average Bonchev–Trinajstić information content (AvgIpc) is 2.61. The molecule has 0 radical (unpaired) electrons. The lowest BCUT2D eigenvalue weighted by Gasteiger charge is -2.21. The highest BCUT2D eigenvalue weighted by Gasteiger charge is 2.16. The Morgan fingerprint density at radius 2 is 1.88 bits per heavy atom. The topological polar surface area (TPSA) is 56.8 Å². The first-order valence-electron chi connectivity index (χ1n) is 7.69. The largest absolute Gasteiger partial charge is 0.486 e. The molecule has 3 rings (SSSR count). The lowest BCUT2D eigenvalue weighted by atomic mass is 10.1. The number of benzene rings is 2. The first-order valence-corrected chi connectivity index (χ1v) is 7.69. The van der Waals surface area contributed by atoms with Crippen LogP contribution < -0.4 is 19.5 Å². The summed E-state index contributed by atoms with van der Waals surface area (Å²) in [5, 5.41) is 2.85. The van der Waals surface area contributed by atoms with Gasteiger partial charge in [-0.2, -0.15) is 0 Å². The molecule has 6 heteroatoms. The third kappa shape index (κ3) is 3.95. The van der Waals surface area contributed by atoms with Gasteiger partial charge in [-0.3, -0.25) is 4.79 Å². The minimum atomic E-state index is -0.348. The van der Waals surface area contributed by atoms with Crippen LogP contribution in [0.4, 0.5) is 4.39 Å². The summed E-state index contributed by atoms with van der Waals surface area (Å²) in [6.45, 7) is 2.80. The number of amides is 1. The van der Waals surface area contributed by atoms with E-state index in [4.69, 9.17) is 14.2 Å². The van der Waals surface area contributed by atoms with Crippen LogP contribution in [-0.4, -0.2) is 25.7 Å². The van der Waals surface area contributed by atoms with E-state index in [1.54, 1.807) is 0 Å². The number of nitrogens with one attached hydrogen (secondary N) is 1. The second-order valence-electron chi connectivity index (χ2n) is 5.43. The van der Waals surface area contributed by atoms with Crippen LogP contribution in [0.5, 0.6) is 17.2 Å². The maximum atomic E-state index is 12.8. The van der Waals surface area contributed by atoms with Crippen LogP contribution in [0, 0.1) is 5.82 Å². The van der Waals surface area contributed by atoms with Gasteiger partial charge in [0.25, 0.3) is 5.91 Å². The third-order valence-electron chi connectivity index (χ3n) is 3.63. The van der Waals surface area contributed by atoms with E-state index in [-0.39, 0.29) is 24.4 Å². The zero-order valence-electron chi connectivity index (χ0n) is 13.3. The van der Waals surface area contributed by atoms with E-state index in [2.05, 4.69) is 5.32 Å². The number of carbonyl (C=O) groups is 1. The van der Waals surface area contributed by atoms with Crippen LogP contribution in [0.3, 0.4) is 0 Å². The molecule has 1 N–H and O–H groups in total. The van der Waals surface area contributed by atoms with Crippen molar-refractivity contribution in [1.82, 2.24) is 5.32 Å². The van der Waals surface area contributed by atoms with Crippen molar-refractivity contribution in [3.8, 4) is 17.2 Å². The minimum absolute atomic E-state index is 0.138. The van der Waals surface area contributed by atoms with Gasteiger partial charge in [0.1, 0.15) is 24.8 Å². The summed E-state index contributed by atoms with van der Waals surface area (Å²) in [5.74, 6) is 1.23. The molecule has 2 aromatic rings. The van der Waals surface area contributed by atoms with E-state index < -0.39 is 0 Å². The molecule has 0 fully saturated rings. The molecule has 1 aliphatic rings. The first kappa shape index (κ1) is 16.1. The van der Waals surface area contributed by atoms with Gasteiger partial charge in [0.15, 0.2) is 18.1 Å². The van der Waals surface area contributed by atoms with Crippen molar-refractivity contribution in [3.05, 3.63) is 53.8 Å². The van der Waals surface area contributed by atoms with Gasteiger partial charge in [0.05, 0.1) is 6.04 Å². The summed E-state index contributed by atoms with van der Waals surface area (Å²) in [5.41, 5.74) is 0.911. The molecule has 0 saturated heterocycles. The summed E-state index contributed by atoms with van der Waals surface area (Å²) >= 11 is 0. The molecule has 0 unspecified atom stereocenters. The summed E-state index contributed by atoms with van der Waals surface area (Å²) in [6, 6.07) is 10.9. The average molecular weight is 331 g/mol. The van der Waals surface area contributed by atoms with E-state index in [0.29, 0.717) is 30.5 Å². The molecule has 1 aliphatic heterocycles. The molecule has 1 amide bonds. The Morgan fingerprint density at radius 3 is 2.62 bits per heavy atom. The fourth-order valence-corrected chi connectivity index (χ4v) is 2.38. The number of hydrogen-bond acceptors (Lipinski definition) is 4. The predicted octanol–water partition coefficient (Wildman–Crippen LogP) is 2.85. The van der Waals surface area contributed by atoms with E-state index in [0.717, 1.165) is 5.56 Å². The zero-order valence-corrected chi connectivity index (χ0v) is 13.3. The van der Waals surface area contributed by atoms with Gasteiger partial charge in [0.2, 0.25) is 0 Å². The molecule has 1 heterocycles. The second-order valence-corrected chi connectivity index (χ2v) is 5.43. The third-order valence-corrected chi connectivity index (χ3v) is 3.63. The number of fused-ring (bicyclic) bond motifs is 1. The monoisotopic (exact) mass is 331 g/mol. The summed E-state index contributed by atoms with van der Waals surface area (Å²) in [4.78, 5) is 12.0. The second kappa shape index (κ2) is 7.21. The lowest BCUT2D eigenvalue weighted by molar-refractivity contribution is -0.123. The fourth-order valence-electron chi connectivity index (χ4n) is 2.38. The Balaban J connectivity index is 1.55. The Kier molecular flexibility index (Phi) is 4.84. The number of halogens is 1. The molecule has 2 aromatic carbocycles. The van der Waals surface area contributed by atoms with Crippen LogP contribution in [-0.2, 0) is 4.79 Å². The summed E-state index contributed by atoms with van der Waals surface area (Å²) in [7, 11) is 0. The Bertz CT molecular complexity index is 717. The van der Waals surface area contributed by atoms with E-state index in [1.165, 1.54) is 24.3 Å². The van der Waals surface area contributed by atoms with Crippen molar-refractivity contribution >= 4 is 5.91 Å². The smallest absolute Gasteiger partial charge is 0.258 e. The van der Waals surface area contributed by atoms with Gasteiger partial charge < -0.3 is 19.5 Å². The van der Waals surface area contributed by atoms with E-state index in [9.17, 15) is 9.18 Å². The highest BCUT2D eigenvalue weighted by Crippen LogP contribution is 2.32. The fraction of sp³-hybridized carbons (Fsp3) is 0.278. The Hall–Kier alpha value is -2.76. The molecule has 5 nitrogen and oxygen atoms in total. The highest BCUT2D eigenvalue weighted by molar-refractivity contribution is 5.78. The van der Waals surface area contributed by atoms with Crippen molar-refractivity contribution in [2.24, 2.45) is 0 Å². The molecule has 0 aliphatic carbocycles. The number of rotatable bonds is 5. The molecule has 0 spiro atoms. The SMILES string of the molecule is C[C@@H](NC(=O)COc1ccc(F)cc1)c1ccc2c(c1)OCCO2. The van der Waals surface area contributed by atoms with Crippen LogP contribution in [0.1, 0.15) is 18.5 Å². The quantitative estimate of drug-likeness (QED) is 0.915. The van der Waals surface area contributed by atoms with Crippen LogP contribution in [0.15, 0.2) is 42.5 Å². The van der Waals surface area contributed by atoms with Gasteiger partial charge in [0, 0.05) is 0 Å². The number of hydrogen-bond donors (Lipinski definition) is 1. The predicted molar refractivity (Wildman–Crippen MR) is 85.9 cm³/mol. The Labute approximate surface area is 139 Å². The van der Waals surface area contributed by atoms with Gasteiger partial charge >= 0.3 is 0 Å². The first-order chi connectivity index (χ1) is 11.6. The molecular formula is C18H18FNO4. The molecule has 0 aromatic heterocycles. The molecule has 126 valence electrons. The van der Waals surface area contributed by atoms with Gasteiger partial charge in [-0.25, -0.2) is 4.39 Å². The van der Waals surface area contributed by atoms with Gasteiger partial charge in [-0.05, 0) is 48.9 Å².